The highest BCUT2D eigenvalue weighted by Crippen LogP contribution is 2.17. The van der Waals surface area contributed by atoms with Gasteiger partial charge in [0.2, 0.25) is 5.95 Å². The Morgan fingerprint density at radius 2 is 1.70 bits per heavy atom. The molecule has 0 amide bonds. The van der Waals surface area contributed by atoms with Gasteiger partial charge in [-0.25, -0.2) is 10.2 Å². The monoisotopic (exact) mass is 362 g/mol. The number of nitrogens with zero attached hydrogens (tertiary/aromatic N) is 5. The van der Waals surface area contributed by atoms with Crippen molar-refractivity contribution in [2.45, 2.75) is 0 Å². The minimum Gasteiger partial charge on any atom is -0.306 e. The van der Waals surface area contributed by atoms with E-state index in [1.807, 2.05) is 42.5 Å². The zero-order chi connectivity index (χ0) is 19.1. The van der Waals surface area contributed by atoms with Crippen LogP contribution in [0.5, 0.6) is 0 Å². The minimum absolute atomic E-state index is 0.313. The highest BCUT2D eigenvalue weighted by molar-refractivity contribution is 5.99. The number of aromatic nitrogens is 4. The summed E-state index contributed by atoms with van der Waals surface area (Å²) in [6.45, 7) is 0. The van der Waals surface area contributed by atoms with Gasteiger partial charge in [0.15, 0.2) is 11.2 Å². The number of fused-ring (bicyclic) bond motifs is 2. The van der Waals surface area contributed by atoms with Gasteiger partial charge in [-0.2, -0.15) is 10.1 Å². The van der Waals surface area contributed by atoms with Crippen LogP contribution in [0.15, 0.2) is 57.2 Å². The third-order valence-electron chi connectivity index (χ3n) is 4.67. The molecule has 0 aliphatic carbocycles. The van der Waals surface area contributed by atoms with Gasteiger partial charge in [-0.15, -0.1) is 0 Å². The van der Waals surface area contributed by atoms with Gasteiger partial charge in [0.1, 0.15) is 0 Å². The van der Waals surface area contributed by atoms with Crippen molar-refractivity contribution in [2.24, 2.45) is 26.2 Å². The molecule has 0 unspecified atom stereocenters. The smallest absolute Gasteiger partial charge is 0.306 e. The summed E-state index contributed by atoms with van der Waals surface area (Å²) >= 11 is 0. The Labute approximate surface area is 154 Å². The van der Waals surface area contributed by atoms with Gasteiger partial charge in [0.05, 0.1) is 6.21 Å². The van der Waals surface area contributed by atoms with Gasteiger partial charge in [0, 0.05) is 26.7 Å². The molecule has 8 nitrogen and oxygen atoms in total. The van der Waals surface area contributed by atoms with Crippen molar-refractivity contribution in [1.29, 1.82) is 0 Å². The summed E-state index contributed by atoms with van der Waals surface area (Å²) in [5, 5.41) is 6.48. The minimum atomic E-state index is -0.420. The number of hydrogen-bond donors (Lipinski definition) is 1. The Bertz CT molecular complexity index is 1320. The fourth-order valence-electron chi connectivity index (χ4n) is 3.14. The van der Waals surface area contributed by atoms with Crippen molar-refractivity contribution >= 4 is 34.1 Å². The average Bonchev–Trinajstić information content (AvgIpc) is 3.01. The Hall–Kier alpha value is -3.68. The Morgan fingerprint density at radius 3 is 2.52 bits per heavy atom. The van der Waals surface area contributed by atoms with Crippen LogP contribution in [0.25, 0.3) is 21.9 Å². The highest BCUT2D eigenvalue weighted by atomic mass is 16.2. The van der Waals surface area contributed by atoms with Gasteiger partial charge in [-0.1, -0.05) is 42.5 Å². The molecular formula is C19H18N6O2. The maximum Gasteiger partial charge on any atom is 0.332 e. The maximum absolute atomic E-state index is 12.4. The van der Waals surface area contributed by atoms with Crippen LogP contribution >= 0.6 is 0 Å². The molecule has 8 heteroatoms. The number of anilines is 1. The van der Waals surface area contributed by atoms with E-state index in [1.54, 1.807) is 24.9 Å². The molecule has 136 valence electrons. The first-order valence-corrected chi connectivity index (χ1v) is 8.38. The standard InChI is InChI=1S/C19H18N6O2/c1-23-15-16(24(2)19(27)25(3)17(15)26)21-18(23)22-20-11-13-9-6-8-12-7-4-5-10-14(12)13/h4-11H,1-3H3,(H,21,22)/b20-11-. The molecule has 4 rings (SSSR count). The fraction of sp³-hybridized carbons (Fsp3) is 0.158. The summed E-state index contributed by atoms with van der Waals surface area (Å²) in [6, 6.07) is 14.0. The lowest BCUT2D eigenvalue weighted by atomic mass is 10.1. The highest BCUT2D eigenvalue weighted by Gasteiger charge is 2.16. The van der Waals surface area contributed by atoms with Crippen LogP contribution in [0.4, 0.5) is 5.95 Å². The third kappa shape index (κ3) is 2.62. The molecule has 0 bridgehead atoms. The molecule has 0 saturated heterocycles. The number of hydrazone groups is 1. The van der Waals surface area contributed by atoms with Crippen molar-refractivity contribution in [1.82, 2.24) is 18.7 Å². The molecule has 4 aromatic rings. The van der Waals surface area contributed by atoms with E-state index in [0.717, 1.165) is 20.9 Å². The second-order valence-electron chi connectivity index (χ2n) is 6.31. The average molecular weight is 362 g/mol. The SMILES string of the molecule is Cn1c(=O)c2c(nc(N/N=C\c3cccc4ccccc34)n2C)n(C)c1=O. The molecule has 0 aliphatic heterocycles. The van der Waals surface area contributed by atoms with E-state index >= 15 is 0 Å². The largest absolute Gasteiger partial charge is 0.332 e. The van der Waals surface area contributed by atoms with Crippen LogP contribution in [-0.2, 0) is 21.1 Å². The second kappa shape index (κ2) is 6.24. The van der Waals surface area contributed by atoms with Crippen LogP contribution in [0.2, 0.25) is 0 Å². The fourth-order valence-corrected chi connectivity index (χ4v) is 3.14. The predicted octanol–water partition coefficient (Wildman–Crippen LogP) is 1.57. The molecule has 27 heavy (non-hydrogen) atoms. The normalized spacial score (nSPS) is 11.7. The van der Waals surface area contributed by atoms with Crippen molar-refractivity contribution in [3.8, 4) is 0 Å². The molecule has 0 atom stereocenters. The molecule has 0 radical (unpaired) electrons. The number of benzene rings is 2. The summed E-state index contributed by atoms with van der Waals surface area (Å²) in [5.41, 5.74) is 3.66. The first-order valence-electron chi connectivity index (χ1n) is 8.38. The zero-order valence-electron chi connectivity index (χ0n) is 15.2. The van der Waals surface area contributed by atoms with Gasteiger partial charge in [-0.3, -0.25) is 13.9 Å². The van der Waals surface area contributed by atoms with Gasteiger partial charge >= 0.3 is 5.69 Å². The van der Waals surface area contributed by atoms with E-state index in [4.69, 9.17) is 0 Å². The molecular weight excluding hydrogens is 344 g/mol. The van der Waals surface area contributed by atoms with Crippen LogP contribution in [0, 0.1) is 0 Å². The molecule has 0 saturated carbocycles. The number of nitrogens with one attached hydrogen (secondary N) is 1. The third-order valence-corrected chi connectivity index (χ3v) is 4.67. The first-order chi connectivity index (χ1) is 13.0. The van der Waals surface area contributed by atoms with E-state index in [2.05, 4.69) is 15.5 Å². The predicted molar refractivity (Wildman–Crippen MR) is 106 cm³/mol. The lowest BCUT2D eigenvalue weighted by Gasteiger charge is -2.03. The van der Waals surface area contributed by atoms with Gasteiger partial charge in [-0.05, 0) is 10.8 Å². The molecule has 2 heterocycles. The summed E-state index contributed by atoms with van der Waals surface area (Å²) in [6.07, 6.45) is 1.71. The van der Waals surface area contributed by atoms with Gasteiger partial charge < -0.3 is 4.57 Å². The van der Waals surface area contributed by atoms with Crippen LogP contribution in [0.3, 0.4) is 0 Å². The lowest BCUT2D eigenvalue weighted by molar-refractivity contribution is 0.705. The zero-order valence-corrected chi connectivity index (χ0v) is 15.2. The quantitative estimate of drug-likeness (QED) is 0.443. The van der Waals surface area contributed by atoms with Crippen LogP contribution in [0.1, 0.15) is 5.56 Å². The van der Waals surface area contributed by atoms with Crippen LogP contribution < -0.4 is 16.7 Å². The van der Waals surface area contributed by atoms with Crippen molar-refractivity contribution in [2.75, 3.05) is 5.43 Å². The molecule has 1 N–H and O–H groups in total. The summed E-state index contributed by atoms with van der Waals surface area (Å²) in [4.78, 5) is 28.8. The molecule has 0 spiro atoms. The van der Waals surface area contributed by atoms with E-state index in [1.165, 1.54) is 11.6 Å². The van der Waals surface area contributed by atoms with E-state index in [9.17, 15) is 9.59 Å². The summed E-state index contributed by atoms with van der Waals surface area (Å²) in [7, 11) is 4.74. The molecule has 0 aliphatic rings. The first kappa shape index (κ1) is 16.8. The summed E-state index contributed by atoms with van der Waals surface area (Å²) in [5.74, 6) is 0.375. The molecule has 2 aromatic carbocycles. The van der Waals surface area contributed by atoms with Crippen LogP contribution in [-0.4, -0.2) is 24.9 Å². The Kier molecular flexibility index (Phi) is 3.88. The molecule has 2 aromatic heterocycles. The second-order valence-corrected chi connectivity index (χ2v) is 6.31. The number of aryl methyl sites for hydroxylation is 2. The molecule has 0 fully saturated rings. The number of imidazole rings is 1. The van der Waals surface area contributed by atoms with E-state index in [0.29, 0.717) is 17.1 Å². The van der Waals surface area contributed by atoms with Crippen molar-refractivity contribution in [3.05, 3.63) is 68.9 Å². The maximum atomic E-state index is 12.4. The van der Waals surface area contributed by atoms with E-state index < -0.39 is 11.2 Å². The summed E-state index contributed by atoms with van der Waals surface area (Å²) < 4.78 is 4.00. The van der Waals surface area contributed by atoms with Crippen molar-refractivity contribution < 1.29 is 0 Å². The van der Waals surface area contributed by atoms with Crippen molar-refractivity contribution in [3.63, 3.8) is 0 Å². The number of rotatable bonds is 3. The Morgan fingerprint density at radius 1 is 0.963 bits per heavy atom. The van der Waals surface area contributed by atoms with E-state index in [-0.39, 0.29) is 0 Å². The lowest BCUT2D eigenvalue weighted by Crippen LogP contribution is -2.37. The van der Waals surface area contributed by atoms with Gasteiger partial charge in [0.25, 0.3) is 5.56 Å². The Balaban J connectivity index is 1.74. The number of hydrogen-bond acceptors (Lipinski definition) is 5. The topological polar surface area (TPSA) is 86.2 Å².